The van der Waals surface area contributed by atoms with Crippen LogP contribution in [0, 0.1) is 0 Å². The quantitative estimate of drug-likeness (QED) is 0.728. The van der Waals surface area contributed by atoms with Crippen LogP contribution in [-0.2, 0) is 0 Å². The topological polar surface area (TPSA) is 13.0 Å². The van der Waals surface area contributed by atoms with E-state index in [1.807, 2.05) is 0 Å². The maximum absolute atomic E-state index is 2.61. The van der Waals surface area contributed by atoms with Gasteiger partial charge in [-0.05, 0) is 34.1 Å². The van der Waals surface area contributed by atoms with E-state index in [1.165, 1.54) is 26.1 Å². The van der Waals surface area contributed by atoms with Gasteiger partial charge in [-0.3, -0.25) is 9.80 Å². The molecule has 0 atom stereocenters. The van der Waals surface area contributed by atoms with Crippen molar-refractivity contribution >= 4 is 8.24 Å². The van der Waals surface area contributed by atoms with Crippen molar-refractivity contribution in [3.8, 4) is 0 Å². The van der Waals surface area contributed by atoms with Crippen LogP contribution in [0.5, 0.6) is 0 Å². The van der Waals surface area contributed by atoms with Gasteiger partial charge in [-0.15, -0.1) is 0 Å². The molecule has 1 saturated heterocycles. The fraction of sp³-hybridized carbons (Fsp3) is 1.00. The Hall–Kier alpha value is 0.0569. The highest BCUT2D eigenvalue weighted by molar-refractivity contribution is 6.73. The standard InChI is InChI=1S/C14H34N4Si/c1-8-9-18-12-10-15(2)14(16(3)11-13-18)17(4)19(5,6)7/h14H,8-13H2,1-7H3. The summed E-state index contributed by atoms with van der Waals surface area (Å²) in [7, 11) is 5.58. The molecule has 0 aromatic carbocycles. The zero-order valence-corrected chi connectivity index (χ0v) is 15.1. The molecule has 0 amide bonds. The first-order valence-electron chi connectivity index (χ1n) is 7.63. The second kappa shape index (κ2) is 7.18. The Labute approximate surface area is 121 Å². The highest BCUT2D eigenvalue weighted by Crippen LogP contribution is 2.17. The number of rotatable bonds is 4. The zero-order valence-electron chi connectivity index (χ0n) is 14.1. The van der Waals surface area contributed by atoms with E-state index in [0.29, 0.717) is 6.29 Å². The Bertz CT molecular complexity index is 253. The smallest absolute Gasteiger partial charge is 0.122 e. The highest BCUT2D eigenvalue weighted by Gasteiger charge is 2.33. The molecule has 0 aromatic heterocycles. The third-order valence-electron chi connectivity index (χ3n) is 4.27. The molecule has 0 spiro atoms. The van der Waals surface area contributed by atoms with Gasteiger partial charge in [0.1, 0.15) is 14.5 Å². The molecule has 0 N–H and O–H groups in total. The van der Waals surface area contributed by atoms with Crippen LogP contribution in [-0.4, -0.2) is 87.7 Å². The Morgan fingerprint density at radius 3 is 1.84 bits per heavy atom. The molecular weight excluding hydrogens is 252 g/mol. The Morgan fingerprint density at radius 1 is 1.00 bits per heavy atom. The lowest BCUT2D eigenvalue weighted by Crippen LogP contribution is -2.64. The van der Waals surface area contributed by atoms with E-state index in [0.717, 1.165) is 13.1 Å². The monoisotopic (exact) mass is 286 g/mol. The van der Waals surface area contributed by atoms with Gasteiger partial charge in [-0.1, -0.05) is 26.6 Å². The van der Waals surface area contributed by atoms with Crippen LogP contribution in [0.4, 0.5) is 0 Å². The molecule has 1 aliphatic heterocycles. The van der Waals surface area contributed by atoms with Gasteiger partial charge in [0.2, 0.25) is 0 Å². The number of hydrogen-bond donors (Lipinski definition) is 0. The summed E-state index contributed by atoms with van der Waals surface area (Å²) in [5.74, 6) is 0. The molecule has 0 aromatic rings. The van der Waals surface area contributed by atoms with Crippen molar-refractivity contribution in [3.05, 3.63) is 0 Å². The average Bonchev–Trinajstić information content (AvgIpc) is 2.30. The summed E-state index contributed by atoms with van der Waals surface area (Å²) >= 11 is 0. The Kier molecular flexibility index (Phi) is 6.46. The summed E-state index contributed by atoms with van der Waals surface area (Å²) in [5.41, 5.74) is 0. The lowest BCUT2D eigenvalue weighted by Gasteiger charge is -2.48. The maximum atomic E-state index is 2.61. The van der Waals surface area contributed by atoms with E-state index in [4.69, 9.17) is 0 Å². The van der Waals surface area contributed by atoms with E-state index in [1.54, 1.807) is 0 Å². The van der Waals surface area contributed by atoms with Gasteiger partial charge in [-0.2, -0.15) is 0 Å². The summed E-state index contributed by atoms with van der Waals surface area (Å²) in [6.07, 6.45) is 1.71. The molecule has 1 aliphatic rings. The minimum absolute atomic E-state index is 0.454. The van der Waals surface area contributed by atoms with Crippen LogP contribution < -0.4 is 0 Å². The lowest BCUT2D eigenvalue weighted by molar-refractivity contribution is -0.0208. The largest absolute Gasteiger partial charge is 0.301 e. The van der Waals surface area contributed by atoms with E-state index >= 15 is 0 Å². The molecule has 0 saturated carbocycles. The minimum atomic E-state index is -1.27. The van der Waals surface area contributed by atoms with Gasteiger partial charge < -0.3 is 9.47 Å². The number of hydrogen-bond acceptors (Lipinski definition) is 4. The second-order valence-corrected chi connectivity index (χ2v) is 12.0. The summed E-state index contributed by atoms with van der Waals surface area (Å²) in [6, 6.07) is 0. The molecule has 0 radical (unpaired) electrons. The molecule has 19 heavy (non-hydrogen) atoms. The predicted octanol–water partition coefficient (Wildman–Crippen LogP) is 1.63. The first-order valence-corrected chi connectivity index (χ1v) is 11.1. The molecule has 1 fully saturated rings. The van der Waals surface area contributed by atoms with Crippen molar-refractivity contribution < 1.29 is 0 Å². The number of nitrogens with zero attached hydrogens (tertiary/aromatic N) is 4. The van der Waals surface area contributed by atoms with Crippen molar-refractivity contribution in [2.24, 2.45) is 0 Å². The second-order valence-electron chi connectivity index (χ2n) is 6.93. The Morgan fingerprint density at radius 2 is 1.47 bits per heavy atom. The third kappa shape index (κ3) is 4.83. The first-order chi connectivity index (χ1) is 8.77. The SMILES string of the molecule is CCCN1CCN(C)C(N(C)[Si](C)(C)C)N(C)CC1. The van der Waals surface area contributed by atoms with Gasteiger partial charge in [0.05, 0.1) is 0 Å². The molecule has 0 bridgehead atoms. The number of likely N-dealkylation sites (N-methyl/N-ethyl adjacent to an activating group) is 2. The van der Waals surface area contributed by atoms with Crippen molar-refractivity contribution in [1.82, 2.24) is 19.3 Å². The van der Waals surface area contributed by atoms with Gasteiger partial charge in [0, 0.05) is 26.2 Å². The fourth-order valence-corrected chi connectivity index (χ4v) is 3.84. The van der Waals surface area contributed by atoms with Crippen LogP contribution in [0.15, 0.2) is 0 Å². The molecule has 5 heteroatoms. The van der Waals surface area contributed by atoms with E-state index in [2.05, 4.69) is 67.0 Å². The van der Waals surface area contributed by atoms with Crippen molar-refractivity contribution in [2.75, 3.05) is 53.9 Å². The van der Waals surface area contributed by atoms with Gasteiger partial charge in [0.15, 0.2) is 0 Å². The van der Waals surface area contributed by atoms with Crippen LogP contribution in [0.25, 0.3) is 0 Å². The zero-order chi connectivity index (χ0) is 14.6. The van der Waals surface area contributed by atoms with Crippen LogP contribution in [0.1, 0.15) is 13.3 Å². The minimum Gasteiger partial charge on any atom is -0.301 e. The predicted molar refractivity (Wildman–Crippen MR) is 86.9 cm³/mol. The molecular formula is C14H34N4Si. The van der Waals surface area contributed by atoms with Crippen LogP contribution >= 0.6 is 0 Å². The van der Waals surface area contributed by atoms with Gasteiger partial charge >= 0.3 is 0 Å². The Balaban J connectivity index is 2.73. The molecule has 4 nitrogen and oxygen atoms in total. The molecule has 0 unspecified atom stereocenters. The summed E-state index contributed by atoms with van der Waals surface area (Å²) in [4.78, 5) is 7.62. The normalized spacial score (nSPS) is 22.7. The molecule has 114 valence electrons. The van der Waals surface area contributed by atoms with Gasteiger partial charge in [0.25, 0.3) is 0 Å². The summed E-state index contributed by atoms with van der Waals surface area (Å²) in [6.45, 7) is 15.5. The van der Waals surface area contributed by atoms with E-state index < -0.39 is 8.24 Å². The first kappa shape index (κ1) is 17.1. The molecule has 0 aliphatic carbocycles. The van der Waals surface area contributed by atoms with Crippen LogP contribution in [0.2, 0.25) is 19.6 Å². The summed E-state index contributed by atoms with van der Waals surface area (Å²) < 4.78 is 2.61. The molecule has 1 rings (SSSR count). The summed E-state index contributed by atoms with van der Waals surface area (Å²) in [5, 5.41) is 0. The van der Waals surface area contributed by atoms with E-state index in [-0.39, 0.29) is 0 Å². The highest BCUT2D eigenvalue weighted by atomic mass is 28.3. The van der Waals surface area contributed by atoms with Crippen molar-refractivity contribution in [3.63, 3.8) is 0 Å². The van der Waals surface area contributed by atoms with Crippen molar-refractivity contribution in [2.45, 2.75) is 39.3 Å². The maximum Gasteiger partial charge on any atom is 0.122 e. The fourth-order valence-electron chi connectivity index (χ4n) is 2.76. The van der Waals surface area contributed by atoms with Gasteiger partial charge in [-0.25, -0.2) is 0 Å². The molecule has 1 heterocycles. The van der Waals surface area contributed by atoms with Crippen molar-refractivity contribution in [1.29, 1.82) is 0 Å². The average molecular weight is 287 g/mol. The van der Waals surface area contributed by atoms with E-state index in [9.17, 15) is 0 Å². The third-order valence-corrected chi connectivity index (χ3v) is 6.62. The van der Waals surface area contributed by atoms with Crippen LogP contribution in [0.3, 0.4) is 0 Å². The lowest BCUT2D eigenvalue weighted by atomic mass is 10.3.